The van der Waals surface area contributed by atoms with Crippen molar-refractivity contribution in [2.75, 3.05) is 4.90 Å². The summed E-state index contributed by atoms with van der Waals surface area (Å²) >= 11 is 1.87. The highest BCUT2D eigenvalue weighted by Gasteiger charge is 2.38. The maximum atomic E-state index is 2.46. The van der Waals surface area contributed by atoms with Gasteiger partial charge in [-0.05, 0) is 75.3 Å². The zero-order valence-corrected chi connectivity index (χ0v) is 27.3. The number of benzene rings is 7. The van der Waals surface area contributed by atoms with Crippen LogP contribution in [0.2, 0.25) is 0 Å². The van der Waals surface area contributed by atoms with Crippen LogP contribution < -0.4 is 4.90 Å². The van der Waals surface area contributed by atoms with Crippen molar-refractivity contribution in [1.29, 1.82) is 0 Å². The Bertz CT molecular complexity index is 2440. The number of thiophene rings is 1. The molecule has 224 valence electrons. The van der Waals surface area contributed by atoms with Crippen molar-refractivity contribution in [2.24, 2.45) is 0 Å². The number of para-hydroxylation sites is 1. The van der Waals surface area contributed by atoms with Gasteiger partial charge in [0.25, 0.3) is 0 Å². The van der Waals surface area contributed by atoms with Gasteiger partial charge in [-0.2, -0.15) is 0 Å². The molecule has 1 heterocycles. The Morgan fingerprint density at radius 3 is 1.96 bits per heavy atom. The summed E-state index contributed by atoms with van der Waals surface area (Å²) in [6, 6.07) is 60.1. The third-order valence-electron chi connectivity index (χ3n) is 9.85. The topological polar surface area (TPSA) is 3.24 Å². The Kier molecular flexibility index (Phi) is 6.41. The molecule has 7 aromatic carbocycles. The molecule has 1 aliphatic carbocycles. The summed E-state index contributed by atoms with van der Waals surface area (Å²) in [7, 11) is 0. The van der Waals surface area contributed by atoms with Crippen molar-refractivity contribution in [3.63, 3.8) is 0 Å². The first-order chi connectivity index (χ1) is 23.1. The Labute approximate surface area is 280 Å². The molecule has 0 saturated carbocycles. The van der Waals surface area contributed by atoms with Crippen molar-refractivity contribution >= 4 is 48.6 Å². The molecule has 1 aromatic heterocycles. The SMILES string of the molecule is CC1(C)c2ccccc2-c2cccc(-c3c(-c4ccccc4)cccc3N(c3ccccc3)c3ccc4c(c3)sc3ccccc34)c21. The van der Waals surface area contributed by atoms with Gasteiger partial charge in [0.1, 0.15) is 0 Å². The van der Waals surface area contributed by atoms with Crippen LogP contribution >= 0.6 is 11.3 Å². The summed E-state index contributed by atoms with van der Waals surface area (Å²) in [5.74, 6) is 0. The van der Waals surface area contributed by atoms with E-state index in [1.807, 2.05) is 11.3 Å². The third kappa shape index (κ3) is 4.36. The van der Waals surface area contributed by atoms with Crippen molar-refractivity contribution in [3.05, 3.63) is 175 Å². The quantitative estimate of drug-likeness (QED) is 0.185. The van der Waals surface area contributed by atoms with E-state index < -0.39 is 0 Å². The average Bonchev–Trinajstić information content (AvgIpc) is 3.61. The van der Waals surface area contributed by atoms with E-state index in [1.165, 1.54) is 64.7 Å². The highest BCUT2D eigenvalue weighted by Crippen LogP contribution is 2.55. The molecule has 0 N–H and O–H groups in total. The summed E-state index contributed by atoms with van der Waals surface area (Å²) in [6.07, 6.45) is 0. The van der Waals surface area contributed by atoms with Gasteiger partial charge in [0.15, 0.2) is 0 Å². The normalized spacial score (nSPS) is 13.1. The largest absolute Gasteiger partial charge is 0.310 e. The van der Waals surface area contributed by atoms with Gasteiger partial charge in [-0.15, -0.1) is 11.3 Å². The van der Waals surface area contributed by atoms with Gasteiger partial charge < -0.3 is 4.90 Å². The minimum atomic E-state index is -0.156. The van der Waals surface area contributed by atoms with Gasteiger partial charge in [-0.25, -0.2) is 0 Å². The van der Waals surface area contributed by atoms with Crippen LogP contribution in [-0.2, 0) is 5.41 Å². The second-order valence-corrected chi connectivity index (χ2v) is 14.0. The fourth-order valence-electron chi connectivity index (χ4n) is 7.78. The van der Waals surface area contributed by atoms with Gasteiger partial charge in [0.2, 0.25) is 0 Å². The summed E-state index contributed by atoms with van der Waals surface area (Å²) < 4.78 is 2.61. The Morgan fingerprint density at radius 2 is 1.11 bits per heavy atom. The predicted octanol–water partition coefficient (Wildman–Crippen LogP) is 13.2. The molecule has 1 aliphatic rings. The van der Waals surface area contributed by atoms with Crippen LogP contribution in [0.1, 0.15) is 25.0 Å². The second kappa shape index (κ2) is 10.8. The van der Waals surface area contributed by atoms with E-state index in [2.05, 4.69) is 183 Å². The lowest BCUT2D eigenvalue weighted by atomic mass is 9.77. The molecular weight excluding hydrogens is 587 g/mol. The maximum absolute atomic E-state index is 2.46. The lowest BCUT2D eigenvalue weighted by Crippen LogP contribution is -2.17. The zero-order chi connectivity index (χ0) is 31.5. The van der Waals surface area contributed by atoms with E-state index >= 15 is 0 Å². The van der Waals surface area contributed by atoms with E-state index in [0.29, 0.717) is 0 Å². The molecule has 0 amide bonds. The summed E-state index contributed by atoms with van der Waals surface area (Å²) in [6.45, 7) is 4.77. The molecule has 0 spiro atoms. The summed E-state index contributed by atoms with van der Waals surface area (Å²) in [5, 5.41) is 2.62. The number of hydrogen-bond acceptors (Lipinski definition) is 2. The van der Waals surface area contributed by atoms with Crippen LogP contribution in [0.25, 0.3) is 53.6 Å². The number of nitrogens with zero attached hydrogens (tertiary/aromatic N) is 1. The van der Waals surface area contributed by atoms with E-state index in [9.17, 15) is 0 Å². The smallest absolute Gasteiger partial charge is 0.0546 e. The monoisotopic (exact) mass is 619 g/mol. The average molecular weight is 620 g/mol. The molecule has 0 fully saturated rings. The highest BCUT2D eigenvalue weighted by molar-refractivity contribution is 7.25. The van der Waals surface area contributed by atoms with Crippen LogP contribution in [0.3, 0.4) is 0 Å². The number of hydrogen-bond donors (Lipinski definition) is 0. The lowest BCUT2D eigenvalue weighted by Gasteiger charge is -2.31. The molecule has 0 atom stereocenters. The fraction of sp³-hybridized carbons (Fsp3) is 0.0667. The van der Waals surface area contributed by atoms with Crippen LogP contribution in [-0.4, -0.2) is 0 Å². The van der Waals surface area contributed by atoms with E-state index in [4.69, 9.17) is 0 Å². The molecule has 1 nitrogen and oxygen atoms in total. The van der Waals surface area contributed by atoms with Crippen LogP contribution in [0.15, 0.2) is 164 Å². The summed E-state index contributed by atoms with van der Waals surface area (Å²) in [4.78, 5) is 2.46. The first kappa shape index (κ1) is 27.8. The number of fused-ring (bicyclic) bond motifs is 6. The van der Waals surface area contributed by atoms with E-state index in [0.717, 1.165) is 17.1 Å². The van der Waals surface area contributed by atoms with Crippen molar-refractivity contribution in [1.82, 2.24) is 0 Å². The number of anilines is 3. The molecule has 9 rings (SSSR count). The molecular formula is C45H33NS. The van der Waals surface area contributed by atoms with Crippen molar-refractivity contribution < 1.29 is 0 Å². The van der Waals surface area contributed by atoms with Crippen LogP contribution in [0.4, 0.5) is 17.1 Å². The van der Waals surface area contributed by atoms with Gasteiger partial charge in [-0.3, -0.25) is 0 Å². The standard InChI is InChI=1S/C45H33NS/c1-45(2)39-24-11-9-19-34(39)37-22-13-23-38(44(37)45)43-33(30-15-5-3-6-16-30)21-14-25-40(43)46(31-17-7-4-8-18-31)32-27-28-36-35-20-10-12-26-41(35)47-42(36)29-32/h3-29H,1-2H3. The van der Waals surface area contributed by atoms with Crippen LogP contribution in [0, 0.1) is 0 Å². The first-order valence-electron chi connectivity index (χ1n) is 16.3. The molecule has 0 saturated heterocycles. The minimum absolute atomic E-state index is 0.156. The molecule has 47 heavy (non-hydrogen) atoms. The minimum Gasteiger partial charge on any atom is -0.310 e. The van der Waals surface area contributed by atoms with Gasteiger partial charge in [-0.1, -0.05) is 141 Å². The zero-order valence-electron chi connectivity index (χ0n) is 26.4. The van der Waals surface area contributed by atoms with Gasteiger partial charge in [0.05, 0.1) is 5.69 Å². The molecule has 2 heteroatoms. The second-order valence-electron chi connectivity index (χ2n) is 12.9. The molecule has 0 bridgehead atoms. The highest BCUT2D eigenvalue weighted by atomic mass is 32.1. The summed E-state index contributed by atoms with van der Waals surface area (Å²) in [5.41, 5.74) is 13.7. The maximum Gasteiger partial charge on any atom is 0.0546 e. The first-order valence-corrected chi connectivity index (χ1v) is 17.1. The Balaban J connectivity index is 1.36. The number of rotatable bonds is 5. The Morgan fingerprint density at radius 1 is 0.468 bits per heavy atom. The lowest BCUT2D eigenvalue weighted by molar-refractivity contribution is 0.662. The van der Waals surface area contributed by atoms with E-state index in [-0.39, 0.29) is 5.41 Å². The Hall–Kier alpha value is -5.44. The van der Waals surface area contributed by atoms with Gasteiger partial charge in [0, 0.05) is 42.5 Å². The van der Waals surface area contributed by atoms with Gasteiger partial charge >= 0.3 is 0 Å². The third-order valence-corrected chi connectivity index (χ3v) is 11.0. The predicted molar refractivity (Wildman–Crippen MR) is 202 cm³/mol. The van der Waals surface area contributed by atoms with Crippen LogP contribution in [0.5, 0.6) is 0 Å². The fourth-order valence-corrected chi connectivity index (χ4v) is 8.92. The van der Waals surface area contributed by atoms with E-state index in [1.54, 1.807) is 0 Å². The molecule has 0 unspecified atom stereocenters. The van der Waals surface area contributed by atoms with Crippen molar-refractivity contribution in [2.45, 2.75) is 19.3 Å². The molecule has 0 aliphatic heterocycles. The molecule has 8 aromatic rings. The molecule has 0 radical (unpaired) electrons. The van der Waals surface area contributed by atoms with Crippen molar-refractivity contribution in [3.8, 4) is 33.4 Å².